The van der Waals surface area contributed by atoms with Gasteiger partial charge in [-0.3, -0.25) is 4.79 Å². The van der Waals surface area contributed by atoms with Crippen molar-refractivity contribution in [2.24, 2.45) is 0 Å². The quantitative estimate of drug-likeness (QED) is 0.835. The molecule has 5 heteroatoms. The van der Waals surface area contributed by atoms with Gasteiger partial charge >= 0.3 is 6.09 Å². The Hall–Kier alpha value is -2.82. The number of rotatable bonds is 6. The van der Waals surface area contributed by atoms with Gasteiger partial charge in [0.15, 0.2) is 0 Å². The molecule has 0 fully saturated rings. The van der Waals surface area contributed by atoms with Crippen LogP contribution in [0, 0.1) is 0 Å². The van der Waals surface area contributed by atoms with E-state index in [-0.39, 0.29) is 5.91 Å². The van der Waals surface area contributed by atoms with Crippen LogP contribution in [0.1, 0.15) is 31.9 Å². The van der Waals surface area contributed by atoms with Gasteiger partial charge in [0, 0.05) is 13.0 Å². The van der Waals surface area contributed by atoms with Crippen LogP contribution in [0.2, 0.25) is 0 Å². The predicted octanol–water partition coefficient (Wildman–Crippen LogP) is 3.44. The van der Waals surface area contributed by atoms with Crippen LogP contribution in [0.25, 0.3) is 0 Å². The molecule has 1 atom stereocenters. The van der Waals surface area contributed by atoms with Crippen molar-refractivity contribution in [1.29, 1.82) is 0 Å². The Morgan fingerprint density at radius 3 is 2.00 bits per heavy atom. The number of benzene rings is 2. The monoisotopic (exact) mass is 354 g/mol. The lowest BCUT2D eigenvalue weighted by Crippen LogP contribution is -2.49. The fraction of sp³-hybridized carbons (Fsp3) is 0.333. The lowest BCUT2D eigenvalue weighted by molar-refractivity contribution is -0.123. The molecule has 138 valence electrons. The van der Waals surface area contributed by atoms with Crippen LogP contribution in [-0.2, 0) is 22.5 Å². The Balaban J connectivity index is 2.03. The Labute approximate surface area is 154 Å². The zero-order chi connectivity index (χ0) is 19.0. The van der Waals surface area contributed by atoms with E-state index in [1.54, 1.807) is 20.8 Å². The van der Waals surface area contributed by atoms with Crippen LogP contribution in [-0.4, -0.2) is 23.6 Å². The first-order valence-electron chi connectivity index (χ1n) is 8.68. The van der Waals surface area contributed by atoms with Crippen LogP contribution in [0.3, 0.4) is 0 Å². The zero-order valence-electron chi connectivity index (χ0n) is 15.5. The van der Waals surface area contributed by atoms with Crippen molar-refractivity contribution < 1.29 is 14.3 Å². The van der Waals surface area contributed by atoms with Gasteiger partial charge in [0.25, 0.3) is 0 Å². The Kier molecular flexibility index (Phi) is 6.78. The highest BCUT2D eigenvalue weighted by molar-refractivity contribution is 5.86. The van der Waals surface area contributed by atoms with Crippen molar-refractivity contribution in [2.45, 2.75) is 45.4 Å². The normalized spacial score (nSPS) is 12.1. The third-order valence-electron chi connectivity index (χ3n) is 3.60. The standard InChI is InChI=1S/C21H26N2O3/c1-21(2,3)26-20(25)23-18(14-16-10-6-4-7-11-16)19(24)22-15-17-12-8-5-9-13-17/h4-13,18H,14-15H2,1-3H3,(H,22,24)(H,23,25). The fourth-order valence-corrected chi connectivity index (χ4v) is 2.42. The Morgan fingerprint density at radius 2 is 1.46 bits per heavy atom. The molecule has 0 saturated carbocycles. The Morgan fingerprint density at radius 1 is 0.923 bits per heavy atom. The third-order valence-corrected chi connectivity index (χ3v) is 3.60. The molecule has 0 heterocycles. The SMILES string of the molecule is CC(C)(C)OC(=O)NC(Cc1ccccc1)C(=O)NCc1ccccc1. The van der Waals surface area contributed by atoms with Crippen molar-refractivity contribution in [3.63, 3.8) is 0 Å². The number of ether oxygens (including phenoxy) is 1. The second-order valence-corrected chi connectivity index (χ2v) is 7.09. The molecule has 0 saturated heterocycles. The first-order chi connectivity index (χ1) is 12.3. The van der Waals surface area contributed by atoms with Gasteiger partial charge < -0.3 is 15.4 Å². The molecule has 0 aliphatic rings. The van der Waals surface area contributed by atoms with Crippen molar-refractivity contribution in [3.8, 4) is 0 Å². The van der Waals surface area contributed by atoms with E-state index in [1.807, 2.05) is 60.7 Å². The lowest BCUT2D eigenvalue weighted by Gasteiger charge is -2.23. The van der Waals surface area contributed by atoms with Gasteiger partial charge in [0.05, 0.1) is 0 Å². The van der Waals surface area contributed by atoms with Crippen LogP contribution in [0.15, 0.2) is 60.7 Å². The predicted molar refractivity (Wildman–Crippen MR) is 102 cm³/mol. The molecule has 0 spiro atoms. The van der Waals surface area contributed by atoms with Gasteiger partial charge in [0.1, 0.15) is 11.6 Å². The summed E-state index contributed by atoms with van der Waals surface area (Å²) in [6.45, 7) is 5.76. The molecule has 2 amide bonds. The molecule has 1 unspecified atom stereocenters. The maximum Gasteiger partial charge on any atom is 0.408 e. The van der Waals surface area contributed by atoms with Crippen molar-refractivity contribution in [1.82, 2.24) is 10.6 Å². The lowest BCUT2D eigenvalue weighted by atomic mass is 10.1. The third kappa shape index (κ3) is 6.97. The largest absolute Gasteiger partial charge is 0.444 e. The maximum absolute atomic E-state index is 12.6. The van der Waals surface area contributed by atoms with E-state index in [4.69, 9.17) is 4.74 Å². The summed E-state index contributed by atoms with van der Waals surface area (Å²) in [5, 5.41) is 5.56. The summed E-state index contributed by atoms with van der Waals surface area (Å²) in [4.78, 5) is 24.8. The molecule has 2 rings (SSSR count). The van der Waals surface area contributed by atoms with Crippen molar-refractivity contribution in [2.75, 3.05) is 0 Å². The first kappa shape index (κ1) is 19.5. The van der Waals surface area contributed by atoms with E-state index in [1.165, 1.54) is 0 Å². The molecular formula is C21H26N2O3. The molecule has 2 N–H and O–H groups in total. The minimum Gasteiger partial charge on any atom is -0.444 e. The average Bonchev–Trinajstić information content (AvgIpc) is 2.59. The van der Waals surface area contributed by atoms with Gasteiger partial charge in [-0.1, -0.05) is 60.7 Å². The van der Waals surface area contributed by atoms with Gasteiger partial charge in [0.2, 0.25) is 5.91 Å². The molecule has 0 aliphatic carbocycles. The molecule has 0 aromatic heterocycles. The molecule has 0 bridgehead atoms. The minimum atomic E-state index is -0.712. The van der Waals surface area contributed by atoms with Crippen molar-refractivity contribution in [3.05, 3.63) is 71.8 Å². The minimum absolute atomic E-state index is 0.247. The summed E-state index contributed by atoms with van der Waals surface area (Å²) >= 11 is 0. The second kappa shape index (κ2) is 9.04. The number of amides is 2. The number of carbonyl (C=O) groups excluding carboxylic acids is 2. The van der Waals surface area contributed by atoms with Gasteiger partial charge in [-0.25, -0.2) is 4.79 Å². The van der Waals surface area contributed by atoms with Gasteiger partial charge in [-0.2, -0.15) is 0 Å². The molecular weight excluding hydrogens is 328 g/mol. The summed E-state index contributed by atoms with van der Waals surface area (Å²) < 4.78 is 5.29. The highest BCUT2D eigenvalue weighted by Crippen LogP contribution is 2.09. The highest BCUT2D eigenvalue weighted by atomic mass is 16.6. The van der Waals surface area contributed by atoms with Crippen LogP contribution in [0.4, 0.5) is 4.79 Å². The second-order valence-electron chi connectivity index (χ2n) is 7.09. The van der Waals surface area contributed by atoms with Crippen LogP contribution < -0.4 is 10.6 Å². The zero-order valence-corrected chi connectivity index (χ0v) is 15.5. The van der Waals surface area contributed by atoms with Gasteiger partial charge in [-0.15, -0.1) is 0 Å². The summed E-state index contributed by atoms with van der Waals surface area (Å²) in [6, 6.07) is 18.5. The van der Waals surface area contributed by atoms with E-state index < -0.39 is 17.7 Å². The number of alkyl carbamates (subject to hydrolysis) is 1. The van der Waals surface area contributed by atoms with Crippen LogP contribution in [0.5, 0.6) is 0 Å². The van der Waals surface area contributed by atoms with E-state index >= 15 is 0 Å². The molecule has 2 aromatic rings. The maximum atomic E-state index is 12.6. The molecule has 5 nitrogen and oxygen atoms in total. The fourth-order valence-electron chi connectivity index (χ4n) is 2.42. The number of carbonyl (C=O) groups is 2. The topological polar surface area (TPSA) is 67.4 Å². The average molecular weight is 354 g/mol. The van der Waals surface area contributed by atoms with Gasteiger partial charge in [-0.05, 0) is 31.9 Å². The Bertz CT molecular complexity index is 709. The van der Waals surface area contributed by atoms with E-state index in [2.05, 4.69) is 10.6 Å². The smallest absolute Gasteiger partial charge is 0.408 e. The highest BCUT2D eigenvalue weighted by Gasteiger charge is 2.24. The number of hydrogen-bond acceptors (Lipinski definition) is 3. The van der Waals surface area contributed by atoms with Crippen LogP contribution >= 0.6 is 0 Å². The van der Waals surface area contributed by atoms with E-state index in [0.29, 0.717) is 13.0 Å². The molecule has 2 aromatic carbocycles. The summed E-state index contributed by atoms with van der Waals surface area (Å²) in [6.07, 6.45) is -0.214. The molecule has 0 radical (unpaired) electrons. The molecule has 0 aliphatic heterocycles. The van der Waals surface area contributed by atoms with Crippen molar-refractivity contribution >= 4 is 12.0 Å². The summed E-state index contributed by atoms with van der Waals surface area (Å²) in [5.41, 5.74) is 1.34. The summed E-state index contributed by atoms with van der Waals surface area (Å²) in [5.74, 6) is -0.247. The van der Waals surface area contributed by atoms with E-state index in [0.717, 1.165) is 11.1 Å². The first-order valence-corrected chi connectivity index (χ1v) is 8.68. The number of nitrogens with one attached hydrogen (secondary N) is 2. The molecule has 26 heavy (non-hydrogen) atoms. The number of hydrogen-bond donors (Lipinski definition) is 2. The summed E-state index contributed by atoms with van der Waals surface area (Å²) in [7, 11) is 0. The van der Waals surface area contributed by atoms with E-state index in [9.17, 15) is 9.59 Å².